The number of amides is 1. The standard InChI is InChI=1S/C16H18ClN5O/c17-14-7-13(9-19-10-14)16(23)21-8-12-1-5-22(6-2-12)15-11-18-3-4-20-15/h3-4,7,9-12H,1-2,5-6,8H2,(H,21,23). The number of piperidine rings is 1. The molecule has 1 saturated heterocycles. The Kier molecular flexibility index (Phi) is 5.02. The third-order valence-electron chi connectivity index (χ3n) is 4.01. The van der Waals surface area contributed by atoms with E-state index in [9.17, 15) is 4.79 Å². The van der Waals surface area contributed by atoms with Gasteiger partial charge in [0, 0.05) is 44.4 Å². The number of pyridine rings is 1. The summed E-state index contributed by atoms with van der Waals surface area (Å²) >= 11 is 5.85. The van der Waals surface area contributed by atoms with Gasteiger partial charge >= 0.3 is 0 Å². The minimum atomic E-state index is -0.128. The van der Waals surface area contributed by atoms with E-state index in [0.717, 1.165) is 31.7 Å². The minimum Gasteiger partial charge on any atom is -0.355 e. The smallest absolute Gasteiger partial charge is 0.252 e. The first-order valence-corrected chi connectivity index (χ1v) is 8.00. The first-order valence-electron chi connectivity index (χ1n) is 7.62. The number of rotatable bonds is 4. The molecule has 0 spiro atoms. The van der Waals surface area contributed by atoms with E-state index < -0.39 is 0 Å². The van der Waals surface area contributed by atoms with Crippen molar-refractivity contribution in [3.8, 4) is 0 Å². The molecule has 0 atom stereocenters. The van der Waals surface area contributed by atoms with E-state index in [0.29, 0.717) is 23.0 Å². The number of carbonyl (C=O) groups is 1. The lowest BCUT2D eigenvalue weighted by molar-refractivity contribution is 0.0944. The molecule has 1 aliphatic heterocycles. The van der Waals surface area contributed by atoms with Crippen molar-refractivity contribution < 1.29 is 4.79 Å². The van der Waals surface area contributed by atoms with Gasteiger partial charge in [0.05, 0.1) is 16.8 Å². The van der Waals surface area contributed by atoms with E-state index in [2.05, 4.69) is 25.2 Å². The zero-order valence-electron chi connectivity index (χ0n) is 12.7. The molecule has 2 aromatic heterocycles. The molecule has 1 N–H and O–H groups in total. The van der Waals surface area contributed by atoms with Crippen molar-refractivity contribution in [1.29, 1.82) is 0 Å². The fourth-order valence-corrected chi connectivity index (χ4v) is 2.87. The minimum absolute atomic E-state index is 0.128. The summed E-state index contributed by atoms with van der Waals surface area (Å²) in [6.07, 6.45) is 10.2. The molecule has 0 radical (unpaired) electrons. The number of carbonyl (C=O) groups excluding carboxylic acids is 1. The molecular formula is C16H18ClN5O. The van der Waals surface area contributed by atoms with Crippen LogP contribution in [0.5, 0.6) is 0 Å². The van der Waals surface area contributed by atoms with Crippen LogP contribution in [0.2, 0.25) is 5.02 Å². The number of hydrogen-bond acceptors (Lipinski definition) is 5. The molecule has 1 amide bonds. The molecule has 1 fully saturated rings. The number of hydrogen-bond donors (Lipinski definition) is 1. The van der Waals surface area contributed by atoms with E-state index in [4.69, 9.17) is 11.6 Å². The zero-order chi connectivity index (χ0) is 16.1. The van der Waals surface area contributed by atoms with Gasteiger partial charge in [-0.1, -0.05) is 11.6 Å². The lowest BCUT2D eigenvalue weighted by Gasteiger charge is -2.32. The van der Waals surface area contributed by atoms with Gasteiger partial charge in [-0.3, -0.25) is 14.8 Å². The summed E-state index contributed by atoms with van der Waals surface area (Å²) in [6, 6.07) is 1.63. The van der Waals surface area contributed by atoms with Crippen molar-refractivity contribution in [2.75, 3.05) is 24.5 Å². The van der Waals surface area contributed by atoms with Gasteiger partial charge in [-0.15, -0.1) is 0 Å². The Labute approximate surface area is 139 Å². The number of halogens is 1. The summed E-state index contributed by atoms with van der Waals surface area (Å²) in [5.74, 6) is 1.26. The second-order valence-electron chi connectivity index (χ2n) is 5.60. The Morgan fingerprint density at radius 1 is 1.22 bits per heavy atom. The van der Waals surface area contributed by atoms with Crippen molar-refractivity contribution in [2.24, 2.45) is 5.92 Å². The number of anilines is 1. The molecule has 3 heterocycles. The van der Waals surface area contributed by atoms with Crippen molar-refractivity contribution in [3.05, 3.63) is 47.6 Å². The van der Waals surface area contributed by atoms with Crippen LogP contribution < -0.4 is 10.2 Å². The lowest BCUT2D eigenvalue weighted by Crippen LogP contribution is -2.39. The largest absolute Gasteiger partial charge is 0.355 e. The van der Waals surface area contributed by atoms with Crippen molar-refractivity contribution in [3.63, 3.8) is 0 Å². The summed E-state index contributed by atoms with van der Waals surface area (Å²) in [6.45, 7) is 2.52. The van der Waals surface area contributed by atoms with Gasteiger partial charge < -0.3 is 10.2 Å². The summed E-state index contributed by atoms with van der Waals surface area (Å²) in [7, 11) is 0. The Balaban J connectivity index is 1.47. The topological polar surface area (TPSA) is 71.0 Å². The van der Waals surface area contributed by atoms with Crippen molar-refractivity contribution in [2.45, 2.75) is 12.8 Å². The average Bonchev–Trinajstić information content (AvgIpc) is 2.61. The van der Waals surface area contributed by atoms with Gasteiger partial charge in [0.2, 0.25) is 0 Å². The SMILES string of the molecule is O=C(NCC1CCN(c2cnccn2)CC1)c1cncc(Cl)c1. The molecule has 7 heteroatoms. The highest BCUT2D eigenvalue weighted by atomic mass is 35.5. The summed E-state index contributed by atoms with van der Waals surface area (Å²) in [4.78, 5) is 26.7. The predicted octanol–water partition coefficient (Wildman–Crippen LogP) is 2.17. The quantitative estimate of drug-likeness (QED) is 0.929. The first-order chi connectivity index (χ1) is 11.2. The maximum Gasteiger partial charge on any atom is 0.252 e. The fourth-order valence-electron chi connectivity index (χ4n) is 2.70. The Morgan fingerprint density at radius 2 is 2.04 bits per heavy atom. The molecule has 0 bridgehead atoms. The van der Waals surface area contributed by atoms with E-state index in [1.54, 1.807) is 24.7 Å². The second-order valence-corrected chi connectivity index (χ2v) is 6.03. The molecule has 0 saturated carbocycles. The molecule has 3 rings (SSSR count). The van der Waals surface area contributed by atoms with E-state index >= 15 is 0 Å². The number of nitrogens with zero attached hydrogens (tertiary/aromatic N) is 4. The normalized spacial score (nSPS) is 15.4. The van der Waals surface area contributed by atoms with Crippen LogP contribution in [0.4, 0.5) is 5.82 Å². The monoisotopic (exact) mass is 331 g/mol. The fraction of sp³-hybridized carbons (Fsp3) is 0.375. The van der Waals surface area contributed by atoms with Gasteiger partial charge in [0.1, 0.15) is 5.82 Å². The summed E-state index contributed by atoms with van der Waals surface area (Å²) in [5.41, 5.74) is 0.495. The van der Waals surface area contributed by atoms with Crippen LogP contribution >= 0.6 is 11.6 Å². The maximum absolute atomic E-state index is 12.1. The van der Waals surface area contributed by atoms with Crippen LogP contribution in [-0.4, -0.2) is 40.5 Å². The highest BCUT2D eigenvalue weighted by Crippen LogP contribution is 2.20. The molecule has 2 aromatic rings. The zero-order valence-corrected chi connectivity index (χ0v) is 13.4. The van der Waals surface area contributed by atoms with Gasteiger partial charge in [-0.05, 0) is 24.8 Å². The maximum atomic E-state index is 12.1. The van der Waals surface area contributed by atoms with Crippen LogP contribution in [0.3, 0.4) is 0 Å². The third kappa shape index (κ3) is 4.16. The molecule has 1 aliphatic rings. The van der Waals surface area contributed by atoms with E-state index in [-0.39, 0.29) is 5.91 Å². The molecular weight excluding hydrogens is 314 g/mol. The van der Waals surface area contributed by atoms with Crippen LogP contribution in [0.25, 0.3) is 0 Å². The van der Waals surface area contributed by atoms with E-state index in [1.165, 1.54) is 12.4 Å². The van der Waals surface area contributed by atoms with Crippen molar-refractivity contribution in [1.82, 2.24) is 20.3 Å². The highest BCUT2D eigenvalue weighted by molar-refractivity contribution is 6.30. The number of aromatic nitrogens is 3. The Hall–Kier alpha value is -2.21. The van der Waals surface area contributed by atoms with Crippen molar-refractivity contribution >= 4 is 23.3 Å². The van der Waals surface area contributed by atoms with Crippen LogP contribution in [0.15, 0.2) is 37.1 Å². The third-order valence-corrected chi connectivity index (χ3v) is 4.21. The van der Waals surface area contributed by atoms with Gasteiger partial charge in [0.15, 0.2) is 0 Å². The molecule has 6 nitrogen and oxygen atoms in total. The number of nitrogens with one attached hydrogen (secondary N) is 1. The Morgan fingerprint density at radius 3 is 2.74 bits per heavy atom. The predicted molar refractivity (Wildman–Crippen MR) is 88.5 cm³/mol. The lowest BCUT2D eigenvalue weighted by atomic mass is 9.96. The molecule has 0 aromatic carbocycles. The van der Waals surface area contributed by atoms with Gasteiger partial charge in [-0.25, -0.2) is 4.98 Å². The summed E-state index contributed by atoms with van der Waals surface area (Å²) in [5, 5.41) is 3.43. The van der Waals surface area contributed by atoms with E-state index in [1.807, 2.05) is 0 Å². The molecule has 0 unspecified atom stereocenters. The second kappa shape index (κ2) is 7.37. The summed E-state index contributed by atoms with van der Waals surface area (Å²) < 4.78 is 0. The van der Waals surface area contributed by atoms with Gasteiger partial charge in [0.25, 0.3) is 5.91 Å². The van der Waals surface area contributed by atoms with Crippen LogP contribution in [-0.2, 0) is 0 Å². The Bertz CT molecular complexity index is 659. The molecule has 120 valence electrons. The highest BCUT2D eigenvalue weighted by Gasteiger charge is 2.21. The van der Waals surface area contributed by atoms with Crippen LogP contribution in [0, 0.1) is 5.92 Å². The average molecular weight is 332 g/mol. The molecule has 23 heavy (non-hydrogen) atoms. The van der Waals surface area contributed by atoms with Gasteiger partial charge in [-0.2, -0.15) is 0 Å². The molecule has 0 aliphatic carbocycles. The first kappa shape index (κ1) is 15.7. The van der Waals surface area contributed by atoms with Crippen LogP contribution in [0.1, 0.15) is 23.2 Å².